The molecular weight excluding hydrogens is 420 g/mol. The van der Waals surface area contributed by atoms with Gasteiger partial charge in [-0.3, -0.25) is 9.59 Å². The molecule has 1 atom stereocenters. The quantitative estimate of drug-likeness (QED) is 0.494. The summed E-state index contributed by atoms with van der Waals surface area (Å²) in [6.45, 7) is 5.72. The molecule has 33 heavy (non-hydrogen) atoms. The number of carbonyl (C=O) groups is 3. The van der Waals surface area contributed by atoms with Crippen LogP contribution >= 0.6 is 0 Å². The van der Waals surface area contributed by atoms with Crippen LogP contribution in [0.2, 0.25) is 0 Å². The lowest BCUT2D eigenvalue weighted by atomic mass is 9.97. The van der Waals surface area contributed by atoms with E-state index in [0.29, 0.717) is 12.8 Å². The first-order valence-corrected chi connectivity index (χ1v) is 11.3. The van der Waals surface area contributed by atoms with Crippen molar-refractivity contribution in [2.75, 3.05) is 6.61 Å². The van der Waals surface area contributed by atoms with Crippen molar-refractivity contribution < 1.29 is 24.2 Å². The van der Waals surface area contributed by atoms with Crippen molar-refractivity contribution in [2.24, 2.45) is 0 Å². The minimum atomic E-state index is -0.945. The molecule has 2 aromatic carbocycles. The fourth-order valence-electron chi connectivity index (χ4n) is 4.21. The highest BCUT2D eigenvalue weighted by molar-refractivity contribution is 5.79. The molecule has 0 aromatic heterocycles. The van der Waals surface area contributed by atoms with Crippen molar-refractivity contribution in [3.8, 4) is 11.1 Å². The fraction of sp³-hybridized carbons (Fsp3) is 0.423. The molecule has 7 heteroatoms. The maximum atomic E-state index is 12.5. The summed E-state index contributed by atoms with van der Waals surface area (Å²) in [4.78, 5) is 35.6. The molecule has 0 spiro atoms. The van der Waals surface area contributed by atoms with Gasteiger partial charge in [0.05, 0.1) is 6.42 Å². The van der Waals surface area contributed by atoms with Crippen LogP contribution < -0.4 is 10.6 Å². The number of nitrogens with one attached hydrogen (secondary N) is 2. The monoisotopic (exact) mass is 452 g/mol. The predicted octanol–water partition coefficient (Wildman–Crippen LogP) is 4.45. The second-order valence-corrected chi connectivity index (χ2v) is 9.10. The summed E-state index contributed by atoms with van der Waals surface area (Å²) in [6, 6.07) is 15.9. The topological polar surface area (TPSA) is 105 Å². The van der Waals surface area contributed by atoms with E-state index in [1.807, 2.05) is 45.0 Å². The van der Waals surface area contributed by atoms with Gasteiger partial charge in [0.15, 0.2) is 0 Å². The normalized spacial score (nSPS) is 13.5. The van der Waals surface area contributed by atoms with E-state index in [1.165, 1.54) is 11.1 Å². The first kappa shape index (κ1) is 24.3. The minimum Gasteiger partial charge on any atom is -0.481 e. The van der Waals surface area contributed by atoms with Crippen molar-refractivity contribution in [1.82, 2.24) is 10.6 Å². The molecule has 0 saturated heterocycles. The second kappa shape index (κ2) is 10.5. The van der Waals surface area contributed by atoms with Crippen molar-refractivity contribution >= 4 is 18.0 Å². The standard InChI is InChI=1S/C26H32N2O5/c1-4-17(15-24(30)31)27-23(29)13-14-26(2,3)28-25(32)33-16-22-20-11-7-5-9-18(20)19-10-6-8-12-21(19)22/h5-12,17,22H,4,13-16H2,1-3H3,(H,27,29)(H,28,32)(H,30,31)/t17-/m1/s1. The number of rotatable bonds is 10. The van der Waals surface area contributed by atoms with E-state index in [0.717, 1.165) is 11.1 Å². The lowest BCUT2D eigenvalue weighted by molar-refractivity contribution is -0.137. The number of amides is 2. The van der Waals surface area contributed by atoms with Gasteiger partial charge >= 0.3 is 12.1 Å². The number of hydrogen-bond donors (Lipinski definition) is 3. The van der Waals surface area contributed by atoms with E-state index < -0.39 is 23.6 Å². The number of aliphatic carboxylic acids is 1. The first-order valence-electron chi connectivity index (χ1n) is 11.3. The van der Waals surface area contributed by atoms with Crippen LogP contribution in [0.15, 0.2) is 48.5 Å². The molecule has 0 bridgehead atoms. The number of carbonyl (C=O) groups excluding carboxylic acids is 2. The predicted molar refractivity (Wildman–Crippen MR) is 126 cm³/mol. The molecule has 176 valence electrons. The van der Waals surface area contributed by atoms with Gasteiger partial charge in [0.2, 0.25) is 5.91 Å². The smallest absolute Gasteiger partial charge is 0.407 e. The van der Waals surface area contributed by atoms with Gasteiger partial charge in [-0.2, -0.15) is 0 Å². The molecule has 2 amide bonds. The summed E-state index contributed by atoms with van der Waals surface area (Å²) >= 11 is 0. The SMILES string of the molecule is CC[C@H](CC(=O)O)NC(=O)CCC(C)(C)NC(=O)OCC1c2ccccc2-c2ccccc21. The van der Waals surface area contributed by atoms with E-state index in [1.54, 1.807) is 0 Å². The Morgan fingerprint density at radius 1 is 1.03 bits per heavy atom. The molecule has 3 rings (SSSR count). The molecule has 0 saturated carbocycles. The van der Waals surface area contributed by atoms with E-state index >= 15 is 0 Å². The van der Waals surface area contributed by atoms with Crippen LogP contribution in [0.5, 0.6) is 0 Å². The molecular formula is C26H32N2O5. The summed E-state index contributed by atoms with van der Waals surface area (Å²) < 4.78 is 5.59. The highest BCUT2D eigenvalue weighted by atomic mass is 16.5. The van der Waals surface area contributed by atoms with Crippen LogP contribution in [-0.4, -0.2) is 41.3 Å². The molecule has 0 fully saturated rings. The van der Waals surface area contributed by atoms with Crippen LogP contribution in [0.25, 0.3) is 11.1 Å². The average Bonchev–Trinajstić information content (AvgIpc) is 3.09. The lowest BCUT2D eigenvalue weighted by Crippen LogP contribution is -2.45. The van der Waals surface area contributed by atoms with Crippen LogP contribution in [0.4, 0.5) is 4.79 Å². The van der Waals surface area contributed by atoms with Crippen molar-refractivity contribution in [1.29, 1.82) is 0 Å². The summed E-state index contributed by atoms with van der Waals surface area (Å²) in [5, 5.41) is 14.5. The zero-order valence-electron chi connectivity index (χ0n) is 19.4. The van der Waals surface area contributed by atoms with Gasteiger partial charge in [0.25, 0.3) is 0 Å². The fourth-order valence-corrected chi connectivity index (χ4v) is 4.21. The van der Waals surface area contributed by atoms with Crippen LogP contribution in [0.3, 0.4) is 0 Å². The molecule has 0 heterocycles. The third-order valence-corrected chi connectivity index (χ3v) is 6.04. The second-order valence-electron chi connectivity index (χ2n) is 9.10. The Morgan fingerprint density at radius 2 is 1.61 bits per heavy atom. The van der Waals surface area contributed by atoms with Gasteiger partial charge in [0, 0.05) is 23.9 Å². The van der Waals surface area contributed by atoms with Crippen LogP contribution in [0, 0.1) is 0 Å². The number of hydrogen-bond acceptors (Lipinski definition) is 4. The average molecular weight is 453 g/mol. The molecule has 2 aromatic rings. The number of ether oxygens (including phenoxy) is 1. The molecule has 1 aliphatic carbocycles. The Morgan fingerprint density at radius 3 is 2.15 bits per heavy atom. The Kier molecular flexibility index (Phi) is 7.74. The van der Waals surface area contributed by atoms with Gasteiger partial charge < -0.3 is 20.5 Å². The molecule has 0 unspecified atom stereocenters. The summed E-state index contributed by atoms with van der Waals surface area (Å²) in [6.07, 6.45) is 0.474. The van der Waals surface area contributed by atoms with Gasteiger partial charge in [-0.1, -0.05) is 55.5 Å². The summed E-state index contributed by atoms with van der Waals surface area (Å²) in [7, 11) is 0. The van der Waals surface area contributed by atoms with Gasteiger partial charge in [0.1, 0.15) is 6.61 Å². The van der Waals surface area contributed by atoms with E-state index in [4.69, 9.17) is 9.84 Å². The molecule has 7 nitrogen and oxygen atoms in total. The first-order chi connectivity index (χ1) is 15.7. The van der Waals surface area contributed by atoms with Gasteiger partial charge in [-0.15, -0.1) is 0 Å². The van der Waals surface area contributed by atoms with Gasteiger partial charge in [-0.25, -0.2) is 4.79 Å². The Balaban J connectivity index is 1.51. The molecule has 3 N–H and O–H groups in total. The number of carboxylic acids is 1. The van der Waals surface area contributed by atoms with Crippen molar-refractivity contribution in [2.45, 2.75) is 64.0 Å². The molecule has 0 radical (unpaired) electrons. The summed E-state index contributed by atoms with van der Waals surface area (Å²) in [5.74, 6) is -1.19. The largest absolute Gasteiger partial charge is 0.481 e. The summed E-state index contributed by atoms with van der Waals surface area (Å²) in [5.41, 5.74) is 3.97. The zero-order valence-corrected chi connectivity index (χ0v) is 19.4. The Hall–Kier alpha value is -3.35. The lowest BCUT2D eigenvalue weighted by Gasteiger charge is -2.26. The maximum absolute atomic E-state index is 12.5. The molecule has 1 aliphatic rings. The van der Waals surface area contributed by atoms with Crippen LogP contribution in [-0.2, 0) is 14.3 Å². The van der Waals surface area contributed by atoms with Crippen LogP contribution in [0.1, 0.15) is 63.5 Å². The highest BCUT2D eigenvalue weighted by Crippen LogP contribution is 2.44. The third kappa shape index (κ3) is 6.34. The number of fused-ring (bicyclic) bond motifs is 3. The highest BCUT2D eigenvalue weighted by Gasteiger charge is 2.30. The van der Waals surface area contributed by atoms with Crippen molar-refractivity contribution in [3.05, 3.63) is 59.7 Å². The third-order valence-electron chi connectivity index (χ3n) is 6.04. The number of alkyl carbamates (subject to hydrolysis) is 1. The number of carboxylic acid groups (broad SMARTS) is 1. The van der Waals surface area contributed by atoms with E-state index in [9.17, 15) is 14.4 Å². The van der Waals surface area contributed by atoms with Gasteiger partial charge in [-0.05, 0) is 48.9 Å². The molecule has 0 aliphatic heterocycles. The minimum absolute atomic E-state index is 0.0164. The number of benzene rings is 2. The van der Waals surface area contributed by atoms with Crippen molar-refractivity contribution in [3.63, 3.8) is 0 Å². The Bertz CT molecular complexity index is 972. The maximum Gasteiger partial charge on any atom is 0.407 e. The Labute approximate surface area is 194 Å². The van der Waals surface area contributed by atoms with E-state index in [-0.39, 0.29) is 31.3 Å². The van der Waals surface area contributed by atoms with E-state index in [2.05, 4.69) is 34.9 Å². The zero-order chi connectivity index (χ0) is 24.0.